The van der Waals surface area contributed by atoms with Gasteiger partial charge in [0.15, 0.2) is 0 Å². The fourth-order valence-electron chi connectivity index (χ4n) is 3.73. The molecule has 0 aromatic carbocycles. The maximum Gasteiger partial charge on any atom is 0.0982 e. The minimum Gasteiger partial charge on any atom is -0.392 e. The lowest BCUT2D eigenvalue weighted by molar-refractivity contribution is -0.0307. The second-order valence-corrected chi connectivity index (χ2v) is 7.49. The van der Waals surface area contributed by atoms with Gasteiger partial charge in [-0.1, -0.05) is 43.7 Å². The molecule has 22 heavy (non-hydrogen) atoms. The predicted octanol–water partition coefficient (Wildman–Crippen LogP) is 4.72. The molecule has 1 aliphatic carbocycles. The summed E-state index contributed by atoms with van der Waals surface area (Å²) in [6.45, 7) is 11.1. The van der Waals surface area contributed by atoms with Crippen LogP contribution in [0.3, 0.4) is 0 Å². The van der Waals surface area contributed by atoms with E-state index in [0.29, 0.717) is 0 Å². The van der Waals surface area contributed by atoms with Crippen molar-refractivity contribution >= 4 is 0 Å². The normalized spacial score (nSPS) is 32.3. The van der Waals surface area contributed by atoms with Crippen molar-refractivity contribution in [2.24, 2.45) is 5.41 Å². The maximum atomic E-state index is 8.86. The molecule has 122 valence electrons. The van der Waals surface area contributed by atoms with Crippen molar-refractivity contribution in [3.05, 3.63) is 47.1 Å². The highest BCUT2D eigenvalue weighted by atomic mass is 16.5. The van der Waals surface area contributed by atoms with Gasteiger partial charge in [0, 0.05) is 0 Å². The Morgan fingerprint density at radius 2 is 2.05 bits per heavy atom. The third kappa shape index (κ3) is 3.61. The first-order chi connectivity index (χ1) is 10.3. The van der Waals surface area contributed by atoms with E-state index in [1.54, 1.807) is 6.08 Å². The Balaban J connectivity index is 2.14. The lowest BCUT2D eigenvalue weighted by Crippen LogP contribution is -2.39. The van der Waals surface area contributed by atoms with E-state index in [1.165, 1.54) is 24.0 Å². The number of hydrogen-bond donors (Lipinski definition) is 1. The van der Waals surface area contributed by atoms with Gasteiger partial charge in [-0.15, -0.1) is 0 Å². The van der Waals surface area contributed by atoms with E-state index < -0.39 is 0 Å². The van der Waals surface area contributed by atoms with E-state index in [1.807, 2.05) is 19.1 Å². The van der Waals surface area contributed by atoms with Crippen LogP contribution in [0.15, 0.2) is 47.1 Å². The lowest BCUT2D eigenvalue weighted by Gasteiger charge is -2.42. The topological polar surface area (TPSA) is 29.5 Å². The third-order valence-electron chi connectivity index (χ3n) is 5.04. The van der Waals surface area contributed by atoms with E-state index in [-0.39, 0.29) is 23.7 Å². The molecule has 2 rings (SSSR count). The van der Waals surface area contributed by atoms with Crippen molar-refractivity contribution in [1.29, 1.82) is 0 Å². The summed E-state index contributed by atoms with van der Waals surface area (Å²) in [4.78, 5) is 0. The van der Waals surface area contributed by atoms with E-state index in [9.17, 15) is 0 Å². The molecule has 0 aromatic rings. The summed E-state index contributed by atoms with van der Waals surface area (Å²) in [5, 5.41) is 8.86. The van der Waals surface area contributed by atoms with Gasteiger partial charge in [0.05, 0.1) is 18.3 Å². The van der Waals surface area contributed by atoms with Crippen molar-refractivity contribution in [2.75, 3.05) is 6.61 Å². The molecule has 2 aliphatic rings. The fourth-order valence-corrected chi connectivity index (χ4v) is 3.73. The van der Waals surface area contributed by atoms with Gasteiger partial charge in [0.1, 0.15) is 0 Å². The number of rotatable bonds is 4. The molecule has 1 saturated carbocycles. The minimum absolute atomic E-state index is 0.0854. The van der Waals surface area contributed by atoms with Crippen LogP contribution in [0, 0.1) is 5.41 Å². The largest absolute Gasteiger partial charge is 0.392 e. The Hall–Kier alpha value is -1.12. The number of allylic oxidation sites excluding steroid dienone is 4. The fraction of sp³-hybridized carbons (Fsp3) is 0.600. The number of hydrogen-bond acceptors (Lipinski definition) is 2. The van der Waals surface area contributed by atoms with Gasteiger partial charge in [-0.05, 0) is 62.7 Å². The smallest absolute Gasteiger partial charge is 0.0982 e. The van der Waals surface area contributed by atoms with Crippen LogP contribution < -0.4 is 0 Å². The molecule has 0 radical (unpaired) electrons. The Labute approximate surface area is 135 Å². The molecule has 0 aromatic heterocycles. The van der Waals surface area contributed by atoms with Crippen molar-refractivity contribution in [3.63, 3.8) is 0 Å². The van der Waals surface area contributed by atoms with Crippen LogP contribution >= 0.6 is 0 Å². The molecule has 0 saturated heterocycles. The molecule has 0 amide bonds. The van der Waals surface area contributed by atoms with Crippen LogP contribution in [0.2, 0.25) is 0 Å². The number of ether oxygens (including phenoxy) is 1. The van der Waals surface area contributed by atoms with E-state index >= 15 is 0 Å². The van der Waals surface area contributed by atoms with Crippen molar-refractivity contribution in [2.45, 2.75) is 65.6 Å². The van der Waals surface area contributed by atoms with Crippen molar-refractivity contribution < 1.29 is 9.84 Å². The molecule has 1 heterocycles. The molecular formula is C20H30O2. The summed E-state index contributed by atoms with van der Waals surface area (Å²) >= 11 is 0. The van der Waals surface area contributed by atoms with Crippen LogP contribution in [-0.4, -0.2) is 23.4 Å². The first-order valence-electron chi connectivity index (χ1n) is 8.31. The Morgan fingerprint density at radius 3 is 2.68 bits per heavy atom. The van der Waals surface area contributed by atoms with E-state index in [2.05, 4.69) is 39.8 Å². The summed E-state index contributed by atoms with van der Waals surface area (Å²) < 4.78 is 6.41. The minimum atomic E-state index is -0.0854. The zero-order chi connectivity index (χ0) is 16.4. The summed E-state index contributed by atoms with van der Waals surface area (Å²) in [5.74, 6) is 0. The second-order valence-electron chi connectivity index (χ2n) is 7.49. The maximum absolute atomic E-state index is 8.86. The first-order valence-corrected chi connectivity index (χ1v) is 8.31. The Kier molecular flexibility index (Phi) is 5.14. The second kappa shape index (κ2) is 6.55. The molecule has 1 aliphatic heterocycles. The van der Waals surface area contributed by atoms with Gasteiger partial charge in [0.2, 0.25) is 0 Å². The van der Waals surface area contributed by atoms with Crippen LogP contribution in [0.4, 0.5) is 0 Å². The standard InChI is InChI=1S/C20H30O2/c1-15(10-13-21)8-6-9-16(2)17-14-18-19(3,4)11-7-12-20(18,5)22-17/h6,8-10,14,17,21H,7,11-13H2,1-5H3/b8-6+,15-10+,16-9+/t17-,20-/m0/s1. The summed E-state index contributed by atoms with van der Waals surface area (Å²) in [7, 11) is 0. The zero-order valence-corrected chi connectivity index (χ0v) is 14.6. The highest BCUT2D eigenvalue weighted by Gasteiger charge is 2.47. The monoisotopic (exact) mass is 302 g/mol. The van der Waals surface area contributed by atoms with Gasteiger partial charge in [0.25, 0.3) is 0 Å². The summed E-state index contributed by atoms with van der Waals surface area (Å²) in [5.41, 5.74) is 3.94. The van der Waals surface area contributed by atoms with Gasteiger partial charge < -0.3 is 9.84 Å². The Morgan fingerprint density at radius 1 is 1.32 bits per heavy atom. The van der Waals surface area contributed by atoms with Crippen molar-refractivity contribution in [1.82, 2.24) is 0 Å². The number of fused-ring (bicyclic) bond motifs is 1. The SMILES string of the molecule is CC(/C=C/C=C(\C)[C@@H]1C=C2C(C)(C)CCC[C@]2(C)O1)=C\CO. The van der Waals surface area contributed by atoms with Gasteiger partial charge >= 0.3 is 0 Å². The third-order valence-corrected chi connectivity index (χ3v) is 5.04. The summed E-state index contributed by atoms with van der Waals surface area (Å²) in [6, 6.07) is 0. The predicted molar refractivity (Wildman–Crippen MR) is 92.7 cm³/mol. The molecular weight excluding hydrogens is 272 g/mol. The molecule has 1 N–H and O–H groups in total. The first kappa shape index (κ1) is 17.2. The van der Waals surface area contributed by atoms with Gasteiger partial charge in [-0.2, -0.15) is 0 Å². The summed E-state index contributed by atoms with van der Waals surface area (Å²) in [6.07, 6.45) is 14.0. The van der Waals surface area contributed by atoms with E-state index in [4.69, 9.17) is 9.84 Å². The van der Waals surface area contributed by atoms with Crippen LogP contribution in [0.25, 0.3) is 0 Å². The number of aliphatic hydroxyl groups excluding tert-OH is 1. The van der Waals surface area contributed by atoms with E-state index in [0.717, 1.165) is 12.0 Å². The molecule has 1 fully saturated rings. The molecule has 0 unspecified atom stereocenters. The quantitative estimate of drug-likeness (QED) is 0.601. The zero-order valence-electron chi connectivity index (χ0n) is 14.6. The molecule has 0 bridgehead atoms. The molecule has 2 atom stereocenters. The van der Waals surface area contributed by atoms with Gasteiger partial charge in [-0.3, -0.25) is 0 Å². The highest BCUT2D eigenvalue weighted by Crippen LogP contribution is 2.51. The van der Waals surface area contributed by atoms with Crippen LogP contribution in [0.1, 0.15) is 53.9 Å². The number of aliphatic hydroxyl groups is 1. The molecule has 2 heteroatoms. The highest BCUT2D eigenvalue weighted by molar-refractivity contribution is 5.36. The average Bonchev–Trinajstić information content (AvgIpc) is 2.78. The average molecular weight is 302 g/mol. The van der Waals surface area contributed by atoms with Crippen LogP contribution in [0.5, 0.6) is 0 Å². The lowest BCUT2D eigenvalue weighted by atomic mass is 9.67. The van der Waals surface area contributed by atoms with Crippen LogP contribution in [-0.2, 0) is 4.74 Å². The Bertz CT molecular complexity index is 534. The van der Waals surface area contributed by atoms with Gasteiger partial charge in [-0.25, -0.2) is 0 Å². The van der Waals surface area contributed by atoms with Crippen molar-refractivity contribution in [3.8, 4) is 0 Å². The molecule has 2 nitrogen and oxygen atoms in total. The molecule has 0 spiro atoms.